The summed E-state index contributed by atoms with van der Waals surface area (Å²) in [6.07, 6.45) is 2.67. The van der Waals surface area contributed by atoms with Gasteiger partial charge in [0.25, 0.3) is 5.91 Å². The number of nitrogens with one attached hydrogen (secondary N) is 1. The lowest BCUT2D eigenvalue weighted by atomic mass is 10.2. The lowest BCUT2D eigenvalue weighted by Crippen LogP contribution is -2.24. The molecule has 0 saturated heterocycles. The number of halogens is 1. The van der Waals surface area contributed by atoms with Crippen LogP contribution in [0.2, 0.25) is 0 Å². The molecule has 0 radical (unpaired) electrons. The first-order valence-electron chi connectivity index (χ1n) is 5.25. The van der Waals surface area contributed by atoms with E-state index < -0.39 is 5.91 Å². The topological polar surface area (TPSA) is 80.9 Å². The highest BCUT2D eigenvalue weighted by Gasteiger charge is 2.07. The van der Waals surface area contributed by atoms with Crippen molar-refractivity contribution in [3.63, 3.8) is 0 Å². The number of rotatable bonds is 3. The largest absolute Gasteiger partial charge is 0.382 e. The van der Waals surface area contributed by atoms with Gasteiger partial charge in [-0.2, -0.15) is 0 Å². The van der Waals surface area contributed by atoms with Gasteiger partial charge in [0.1, 0.15) is 17.3 Å². The van der Waals surface area contributed by atoms with E-state index in [-0.39, 0.29) is 23.9 Å². The molecule has 0 atom stereocenters. The van der Waals surface area contributed by atoms with Gasteiger partial charge < -0.3 is 11.1 Å². The molecule has 1 aromatic heterocycles. The fraction of sp³-hybridized carbons (Fsp3) is 0.0833. The molecule has 18 heavy (non-hydrogen) atoms. The van der Waals surface area contributed by atoms with E-state index in [4.69, 9.17) is 5.73 Å². The molecule has 0 bridgehead atoms. The predicted molar refractivity (Wildman–Crippen MR) is 64.0 cm³/mol. The molecule has 0 aliphatic heterocycles. The number of carbonyl (C=O) groups excluding carboxylic acids is 1. The second kappa shape index (κ2) is 5.22. The Hall–Kier alpha value is -2.50. The Balaban J connectivity index is 2.00. The van der Waals surface area contributed by atoms with Crippen molar-refractivity contribution < 1.29 is 9.18 Å². The molecule has 0 unspecified atom stereocenters. The van der Waals surface area contributed by atoms with Crippen LogP contribution in [0.4, 0.5) is 10.2 Å². The second-order valence-corrected chi connectivity index (χ2v) is 3.64. The number of hydrogen-bond acceptors (Lipinski definition) is 4. The van der Waals surface area contributed by atoms with Gasteiger partial charge in [0, 0.05) is 6.54 Å². The number of aromatic nitrogens is 2. The van der Waals surface area contributed by atoms with E-state index in [2.05, 4.69) is 15.3 Å². The molecule has 6 heteroatoms. The van der Waals surface area contributed by atoms with Crippen molar-refractivity contribution in [2.75, 3.05) is 5.73 Å². The van der Waals surface area contributed by atoms with E-state index in [9.17, 15) is 9.18 Å². The highest BCUT2D eigenvalue weighted by Crippen LogP contribution is 2.03. The lowest BCUT2D eigenvalue weighted by molar-refractivity contribution is 0.0945. The highest BCUT2D eigenvalue weighted by atomic mass is 19.1. The summed E-state index contributed by atoms with van der Waals surface area (Å²) >= 11 is 0. The van der Waals surface area contributed by atoms with E-state index in [1.165, 1.54) is 24.5 Å². The Labute approximate surface area is 103 Å². The second-order valence-electron chi connectivity index (χ2n) is 3.64. The van der Waals surface area contributed by atoms with Crippen LogP contribution >= 0.6 is 0 Å². The molecule has 0 aliphatic carbocycles. The fourth-order valence-corrected chi connectivity index (χ4v) is 1.41. The van der Waals surface area contributed by atoms with Crippen LogP contribution < -0.4 is 11.1 Å². The number of nitrogen functional groups attached to an aromatic ring is 1. The Kier molecular flexibility index (Phi) is 3.47. The van der Waals surface area contributed by atoms with Crippen molar-refractivity contribution in [1.29, 1.82) is 0 Å². The van der Waals surface area contributed by atoms with E-state index >= 15 is 0 Å². The van der Waals surface area contributed by atoms with Crippen LogP contribution in [0.25, 0.3) is 0 Å². The molecule has 2 aromatic rings. The number of nitrogens with two attached hydrogens (primary N) is 1. The molecule has 3 N–H and O–H groups in total. The van der Waals surface area contributed by atoms with Gasteiger partial charge in [0.15, 0.2) is 0 Å². The van der Waals surface area contributed by atoms with Gasteiger partial charge in [0.2, 0.25) is 0 Å². The number of benzene rings is 1. The molecule has 0 fully saturated rings. The monoisotopic (exact) mass is 246 g/mol. The van der Waals surface area contributed by atoms with Crippen LogP contribution in [0.5, 0.6) is 0 Å². The van der Waals surface area contributed by atoms with E-state index in [1.54, 1.807) is 12.1 Å². The quantitative estimate of drug-likeness (QED) is 0.850. The summed E-state index contributed by atoms with van der Waals surface area (Å²) in [4.78, 5) is 19.3. The van der Waals surface area contributed by atoms with E-state index in [0.717, 1.165) is 0 Å². The first-order valence-corrected chi connectivity index (χ1v) is 5.25. The van der Waals surface area contributed by atoms with Crippen LogP contribution in [0.15, 0.2) is 36.7 Å². The Morgan fingerprint density at radius 2 is 2.22 bits per heavy atom. The first kappa shape index (κ1) is 12.0. The average Bonchev–Trinajstić information content (AvgIpc) is 2.36. The molecule has 1 amide bonds. The third kappa shape index (κ3) is 3.00. The zero-order chi connectivity index (χ0) is 13.0. The molecule has 2 rings (SSSR count). The minimum Gasteiger partial charge on any atom is -0.382 e. The smallest absolute Gasteiger partial charge is 0.271 e. The summed E-state index contributed by atoms with van der Waals surface area (Å²) in [5.41, 5.74) is 6.22. The number of anilines is 1. The van der Waals surface area contributed by atoms with Crippen LogP contribution in [-0.4, -0.2) is 15.9 Å². The normalized spacial score (nSPS) is 10.1. The highest BCUT2D eigenvalue weighted by molar-refractivity contribution is 5.92. The maximum atomic E-state index is 12.9. The van der Waals surface area contributed by atoms with E-state index in [0.29, 0.717) is 5.56 Å². The Morgan fingerprint density at radius 1 is 1.39 bits per heavy atom. The van der Waals surface area contributed by atoms with Crippen molar-refractivity contribution >= 4 is 11.7 Å². The first-order chi connectivity index (χ1) is 8.65. The summed E-state index contributed by atoms with van der Waals surface area (Å²) in [7, 11) is 0. The van der Waals surface area contributed by atoms with Gasteiger partial charge in [0.05, 0.1) is 12.4 Å². The fourth-order valence-electron chi connectivity index (χ4n) is 1.41. The maximum absolute atomic E-state index is 12.9. The summed E-state index contributed by atoms with van der Waals surface area (Å²) in [5, 5.41) is 2.61. The third-order valence-corrected chi connectivity index (χ3v) is 2.23. The Morgan fingerprint density at radius 3 is 2.94 bits per heavy atom. The van der Waals surface area contributed by atoms with Crippen molar-refractivity contribution in [2.24, 2.45) is 0 Å². The van der Waals surface area contributed by atoms with Crippen LogP contribution in [-0.2, 0) is 6.54 Å². The molecule has 1 aromatic carbocycles. The molecule has 92 valence electrons. The molecule has 1 heterocycles. The standard InChI is InChI=1S/C12H11FN4O/c13-9-3-1-2-8(4-9)5-16-12(18)10-6-15-7-11(14)17-10/h1-4,6-7H,5H2,(H2,14,17)(H,16,18). The van der Waals surface area contributed by atoms with Crippen LogP contribution in [0, 0.1) is 5.82 Å². The van der Waals surface area contributed by atoms with Gasteiger partial charge in [-0.05, 0) is 17.7 Å². The minimum atomic E-state index is -0.404. The van der Waals surface area contributed by atoms with Crippen molar-refractivity contribution in [2.45, 2.75) is 6.54 Å². The molecular weight excluding hydrogens is 235 g/mol. The number of hydrogen-bond donors (Lipinski definition) is 2. The third-order valence-electron chi connectivity index (χ3n) is 2.23. The van der Waals surface area contributed by atoms with Crippen LogP contribution in [0.3, 0.4) is 0 Å². The number of amides is 1. The Bertz CT molecular complexity index is 574. The summed E-state index contributed by atoms with van der Waals surface area (Å²) in [6, 6.07) is 5.99. The van der Waals surface area contributed by atoms with Gasteiger partial charge in [-0.15, -0.1) is 0 Å². The molecular formula is C12H11FN4O. The minimum absolute atomic E-state index is 0.131. The molecule has 5 nitrogen and oxygen atoms in total. The van der Waals surface area contributed by atoms with Crippen molar-refractivity contribution in [3.8, 4) is 0 Å². The zero-order valence-electron chi connectivity index (χ0n) is 9.43. The number of carbonyl (C=O) groups is 1. The summed E-state index contributed by atoms with van der Waals surface area (Å²) in [6.45, 7) is 0.215. The van der Waals surface area contributed by atoms with Gasteiger partial charge in [-0.1, -0.05) is 12.1 Å². The van der Waals surface area contributed by atoms with Crippen molar-refractivity contribution in [1.82, 2.24) is 15.3 Å². The van der Waals surface area contributed by atoms with Crippen LogP contribution in [0.1, 0.15) is 16.1 Å². The lowest BCUT2D eigenvalue weighted by Gasteiger charge is -2.05. The molecule has 0 saturated carbocycles. The van der Waals surface area contributed by atoms with Gasteiger partial charge in [-0.3, -0.25) is 9.78 Å². The molecule has 0 aliphatic rings. The SMILES string of the molecule is Nc1cncc(C(=O)NCc2cccc(F)c2)n1. The van der Waals surface area contributed by atoms with Crippen molar-refractivity contribution in [3.05, 3.63) is 53.7 Å². The predicted octanol–water partition coefficient (Wildman–Crippen LogP) is 1.13. The average molecular weight is 246 g/mol. The van der Waals surface area contributed by atoms with Gasteiger partial charge in [-0.25, -0.2) is 9.37 Å². The molecule has 0 spiro atoms. The number of nitrogens with zero attached hydrogens (tertiary/aromatic N) is 2. The van der Waals surface area contributed by atoms with Gasteiger partial charge >= 0.3 is 0 Å². The summed E-state index contributed by atoms with van der Waals surface area (Å²) in [5.74, 6) is -0.571. The maximum Gasteiger partial charge on any atom is 0.271 e. The summed E-state index contributed by atoms with van der Waals surface area (Å²) < 4.78 is 12.9. The zero-order valence-corrected chi connectivity index (χ0v) is 9.43. The van der Waals surface area contributed by atoms with E-state index in [1.807, 2.05) is 0 Å².